The molecule has 1 aliphatic rings. The van der Waals surface area contributed by atoms with Crippen LogP contribution in [0, 0.1) is 0 Å². The summed E-state index contributed by atoms with van der Waals surface area (Å²) in [5.74, 6) is 1.66. The van der Waals surface area contributed by atoms with Gasteiger partial charge in [-0.3, -0.25) is 10.1 Å². The lowest BCUT2D eigenvalue weighted by Gasteiger charge is -2.29. The van der Waals surface area contributed by atoms with Gasteiger partial charge in [0, 0.05) is 17.5 Å². The lowest BCUT2D eigenvalue weighted by atomic mass is 10.1. The maximum atomic E-state index is 11.7. The number of hydrogen-bond donors (Lipinski definition) is 1. The van der Waals surface area contributed by atoms with E-state index in [1.165, 1.54) is 5.56 Å². The van der Waals surface area contributed by atoms with E-state index in [-0.39, 0.29) is 18.1 Å². The van der Waals surface area contributed by atoms with Gasteiger partial charge in [-0.1, -0.05) is 30.3 Å². The molecule has 17 heavy (non-hydrogen) atoms. The Kier molecular flexibility index (Phi) is 4.45. The standard InChI is InChI=1S/C13H17NO2S/c1-2-16-13(15)12-9-17-8-11(14-12)10-6-4-3-5-7-10/h3-7,11-12,14H,2,8-9H2,1H3. The minimum Gasteiger partial charge on any atom is -0.465 e. The maximum absolute atomic E-state index is 11.7. The average Bonchev–Trinajstić information content (AvgIpc) is 2.40. The largest absolute Gasteiger partial charge is 0.465 e. The molecule has 2 atom stereocenters. The van der Waals surface area contributed by atoms with Gasteiger partial charge in [0.2, 0.25) is 0 Å². The van der Waals surface area contributed by atoms with E-state index < -0.39 is 0 Å². The fraction of sp³-hybridized carbons (Fsp3) is 0.462. The molecule has 2 rings (SSSR count). The van der Waals surface area contributed by atoms with E-state index in [9.17, 15) is 4.79 Å². The van der Waals surface area contributed by atoms with Crippen LogP contribution in [0.4, 0.5) is 0 Å². The first-order valence-corrected chi connectivity index (χ1v) is 7.02. The second-order valence-electron chi connectivity index (χ2n) is 3.97. The van der Waals surface area contributed by atoms with Gasteiger partial charge in [-0.15, -0.1) is 0 Å². The first-order chi connectivity index (χ1) is 8.31. The Hall–Kier alpha value is -1.00. The van der Waals surface area contributed by atoms with E-state index in [2.05, 4.69) is 17.4 Å². The molecule has 4 heteroatoms. The first-order valence-electron chi connectivity index (χ1n) is 5.86. The number of nitrogens with one attached hydrogen (secondary N) is 1. The zero-order valence-corrected chi connectivity index (χ0v) is 10.7. The van der Waals surface area contributed by atoms with Gasteiger partial charge in [0.25, 0.3) is 0 Å². The van der Waals surface area contributed by atoms with Gasteiger partial charge in [0.15, 0.2) is 0 Å². The number of thioether (sulfide) groups is 1. The minimum atomic E-state index is -0.182. The molecule has 0 spiro atoms. The smallest absolute Gasteiger partial charge is 0.324 e. The van der Waals surface area contributed by atoms with Gasteiger partial charge in [-0.25, -0.2) is 0 Å². The van der Waals surface area contributed by atoms with Gasteiger partial charge in [-0.2, -0.15) is 11.8 Å². The molecule has 92 valence electrons. The van der Waals surface area contributed by atoms with Gasteiger partial charge >= 0.3 is 5.97 Å². The molecule has 1 heterocycles. The third kappa shape index (κ3) is 3.23. The second-order valence-corrected chi connectivity index (χ2v) is 5.05. The maximum Gasteiger partial charge on any atom is 0.324 e. The summed E-state index contributed by atoms with van der Waals surface area (Å²) < 4.78 is 5.05. The quantitative estimate of drug-likeness (QED) is 0.834. The summed E-state index contributed by atoms with van der Waals surface area (Å²) in [6.07, 6.45) is 0. The van der Waals surface area contributed by atoms with Crippen LogP contribution >= 0.6 is 11.8 Å². The predicted octanol–water partition coefficient (Wildman–Crippen LogP) is 2.00. The highest BCUT2D eigenvalue weighted by molar-refractivity contribution is 7.99. The molecule has 0 saturated carbocycles. The van der Waals surface area contributed by atoms with Crippen molar-refractivity contribution in [2.45, 2.75) is 19.0 Å². The summed E-state index contributed by atoms with van der Waals surface area (Å²) in [4.78, 5) is 11.7. The average molecular weight is 251 g/mol. The van der Waals surface area contributed by atoms with Crippen molar-refractivity contribution in [2.24, 2.45) is 0 Å². The summed E-state index contributed by atoms with van der Waals surface area (Å²) in [7, 11) is 0. The van der Waals surface area contributed by atoms with Gasteiger partial charge < -0.3 is 4.74 Å². The van der Waals surface area contributed by atoms with Gasteiger partial charge in [-0.05, 0) is 12.5 Å². The zero-order chi connectivity index (χ0) is 12.1. The summed E-state index contributed by atoms with van der Waals surface area (Å²) in [6, 6.07) is 10.3. The van der Waals surface area contributed by atoms with E-state index in [1.54, 1.807) is 11.8 Å². The van der Waals surface area contributed by atoms with Crippen LogP contribution in [0.5, 0.6) is 0 Å². The monoisotopic (exact) mass is 251 g/mol. The van der Waals surface area contributed by atoms with Crippen molar-refractivity contribution >= 4 is 17.7 Å². The number of ether oxygens (including phenoxy) is 1. The van der Waals surface area contributed by atoms with Crippen LogP contribution in [0.1, 0.15) is 18.5 Å². The molecule has 0 amide bonds. The molecule has 1 aromatic carbocycles. The molecule has 1 fully saturated rings. The van der Waals surface area contributed by atoms with E-state index in [4.69, 9.17) is 4.74 Å². The fourth-order valence-corrected chi connectivity index (χ4v) is 3.03. The lowest BCUT2D eigenvalue weighted by molar-refractivity contribution is -0.145. The van der Waals surface area contributed by atoms with Gasteiger partial charge in [0.05, 0.1) is 6.61 Å². The molecule has 1 aliphatic heterocycles. The van der Waals surface area contributed by atoms with Crippen LogP contribution in [0.3, 0.4) is 0 Å². The fourth-order valence-electron chi connectivity index (χ4n) is 1.90. The van der Waals surface area contributed by atoms with Gasteiger partial charge in [0.1, 0.15) is 6.04 Å². The molecule has 0 radical (unpaired) electrons. The van der Waals surface area contributed by atoms with Crippen molar-refractivity contribution in [2.75, 3.05) is 18.1 Å². The number of benzene rings is 1. The highest BCUT2D eigenvalue weighted by atomic mass is 32.2. The van der Waals surface area contributed by atoms with Crippen LogP contribution in [-0.2, 0) is 9.53 Å². The molecule has 1 aromatic rings. The molecule has 1 N–H and O–H groups in total. The number of hydrogen-bond acceptors (Lipinski definition) is 4. The normalized spacial score (nSPS) is 24.3. The SMILES string of the molecule is CCOC(=O)C1CSCC(c2ccccc2)N1. The van der Waals surface area contributed by atoms with Crippen LogP contribution in [0.25, 0.3) is 0 Å². The van der Waals surface area contributed by atoms with E-state index in [0.29, 0.717) is 6.61 Å². The number of carbonyl (C=O) groups is 1. The summed E-state index contributed by atoms with van der Waals surface area (Å²) in [5, 5.41) is 3.36. The lowest BCUT2D eigenvalue weighted by Crippen LogP contribution is -2.46. The van der Waals surface area contributed by atoms with Crippen molar-refractivity contribution < 1.29 is 9.53 Å². The van der Waals surface area contributed by atoms with E-state index in [1.807, 2.05) is 25.1 Å². The van der Waals surface area contributed by atoms with Crippen molar-refractivity contribution in [1.82, 2.24) is 5.32 Å². The number of rotatable bonds is 3. The molecule has 2 unspecified atom stereocenters. The Morgan fingerprint density at radius 3 is 2.88 bits per heavy atom. The van der Waals surface area contributed by atoms with Crippen molar-refractivity contribution in [3.63, 3.8) is 0 Å². The summed E-state index contributed by atoms with van der Waals surface area (Å²) in [5.41, 5.74) is 1.23. The predicted molar refractivity (Wildman–Crippen MR) is 70.1 cm³/mol. The Labute approximate surface area is 106 Å². The highest BCUT2D eigenvalue weighted by Crippen LogP contribution is 2.24. The van der Waals surface area contributed by atoms with Crippen LogP contribution in [-0.4, -0.2) is 30.1 Å². The Morgan fingerprint density at radius 1 is 1.41 bits per heavy atom. The van der Waals surface area contributed by atoms with Crippen molar-refractivity contribution in [3.8, 4) is 0 Å². The topological polar surface area (TPSA) is 38.3 Å². The third-order valence-electron chi connectivity index (χ3n) is 2.74. The van der Waals surface area contributed by atoms with Crippen LogP contribution < -0.4 is 5.32 Å². The summed E-state index contributed by atoms with van der Waals surface area (Å²) >= 11 is 1.80. The second kappa shape index (κ2) is 6.07. The molecule has 3 nitrogen and oxygen atoms in total. The van der Waals surface area contributed by atoms with Crippen molar-refractivity contribution in [1.29, 1.82) is 0 Å². The highest BCUT2D eigenvalue weighted by Gasteiger charge is 2.28. The Morgan fingerprint density at radius 2 is 2.18 bits per heavy atom. The number of esters is 1. The molecule has 1 saturated heterocycles. The molecule has 0 aliphatic carbocycles. The molecule has 0 aromatic heterocycles. The Balaban J connectivity index is 2.00. The molecular formula is C13H17NO2S. The Bertz CT molecular complexity index is 369. The number of carbonyl (C=O) groups excluding carboxylic acids is 1. The first kappa shape index (κ1) is 12.5. The van der Waals surface area contributed by atoms with Crippen LogP contribution in [0.2, 0.25) is 0 Å². The van der Waals surface area contributed by atoms with Crippen molar-refractivity contribution in [3.05, 3.63) is 35.9 Å². The zero-order valence-electron chi connectivity index (χ0n) is 9.89. The van der Waals surface area contributed by atoms with Crippen LogP contribution in [0.15, 0.2) is 30.3 Å². The van der Waals surface area contributed by atoms with E-state index >= 15 is 0 Å². The minimum absolute atomic E-state index is 0.138. The van der Waals surface area contributed by atoms with E-state index in [0.717, 1.165) is 11.5 Å². The molecular weight excluding hydrogens is 234 g/mol. The summed E-state index contributed by atoms with van der Waals surface area (Å²) in [6.45, 7) is 2.28. The molecule has 0 bridgehead atoms. The third-order valence-corrected chi connectivity index (χ3v) is 3.88.